The maximum atomic E-state index is 14.5. The summed E-state index contributed by atoms with van der Waals surface area (Å²) >= 11 is 0. The fourth-order valence-corrected chi connectivity index (χ4v) is 6.48. The molecule has 0 N–H and O–H groups in total. The molecule has 31 heavy (non-hydrogen) atoms. The molecule has 2 aromatic carbocycles. The SMILES string of the molecule is CC1CC(C)CN(S(=O)(=O)c2cccc(C(=O)N3CCCc4cc(F)cc(F)c43)c2)C1. The minimum absolute atomic E-state index is 0.0523. The minimum Gasteiger partial charge on any atom is -0.305 e. The molecule has 2 aromatic rings. The van der Waals surface area contributed by atoms with Crippen LogP contribution in [0.3, 0.4) is 0 Å². The normalized spacial score (nSPS) is 22.3. The van der Waals surface area contributed by atoms with E-state index in [0.29, 0.717) is 31.5 Å². The van der Waals surface area contributed by atoms with Gasteiger partial charge in [-0.15, -0.1) is 0 Å². The van der Waals surface area contributed by atoms with Gasteiger partial charge in [0.25, 0.3) is 5.91 Å². The fraction of sp³-hybridized carbons (Fsp3) is 0.435. The molecule has 4 rings (SSSR count). The lowest BCUT2D eigenvalue weighted by Gasteiger charge is -2.34. The van der Waals surface area contributed by atoms with Gasteiger partial charge in [-0.05, 0) is 60.9 Å². The quantitative estimate of drug-likeness (QED) is 0.706. The Morgan fingerprint density at radius 1 is 1.06 bits per heavy atom. The highest BCUT2D eigenvalue weighted by Gasteiger charge is 2.33. The summed E-state index contributed by atoms with van der Waals surface area (Å²) in [7, 11) is -3.75. The number of anilines is 1. The van der Waals surface area contributed by atoms with Gasteiger partial charge in [0.15, 0.2) is 0 Å². The standard InChI is InChI=1S/C23H26F2N2O3S/c1-15-9-16(2)14-26(13-15)31(29,30)20-7-3-5-18(11-20)23(28)27-8-4-6-17-10-19(24)12-21(25)22(17)27/h3,5,7,10-12,15-16H,4,6,8-9,13-14H2,1-2H3. The van der Waals surface area contributed by atoms with Gasteiger partial charge < -0.3 is 4.90 Å². The Morgan fingerprint density at radius 2 is 1.77 bits per heavy atom. The van der Waals surface area contributed by atoms with E-state index in [0.717, 1.165) is 12.5 Å². The van der Waals surface area contributed by atoms with Gasteiger partial charge in [0, 0.05) is 31.3 Å². The summed E-state index contributed by atoms with van der Waals surface area (Å²) in [6, 6.07) is 7.91. The first-order chi connectivity index (χ1) is 14.7. The van der Waals surface area contributed by atoms with Gasteiger partial charge in [-0.3, -0.25) is 4.79 Å². The second-order valence-electron chi connectivity index (χ2n) is 8.75. The average molecular weight is 449 g/mol. The van der Waals surface area contributed by atoms with Crippen LogP contribution in [0.2, 0.25) is 0 Å². The van der Waals surface area contributed by atoms with Crippen LogP contribution in [0, 0.1) is 23.5 Å². The number of carbonyl (C=O) groups excluding carboxylic acids is 1. The number of benzene rings is 2. The van der Waals surface area contributed by atoms with E-state index in [2.05, 4.69) is 0 Å². The molecule has 8 heteroatoms. The third kappa shape index (κ3) is 4.23. The van der Waals surface area contributed by atoms with Crippen molar-refractivity contribution in [2.24, 2.45) is 11.8 Å². The van der Waals surface area contributed by atoms with Gasteiger partial charge in [-0.25, -0.2) is 17.2 Å². The van der Waals surface area contributed by atoms with Crippen molar-refractivity contribution in [3.63, 3.8) is 0 Å². The molecular formula is C23H26F2N2O3S. The predicted octanol–water partition coefficient (Wildman–Crippen LogP) is 4.22. The number of hydrogen-bond acceptors (Lipinski definition) is 3. The Kier molecular flexibility index (Phi) is 5.87. The van der Waals surface area contributed by atoms with Gasteiger partial charge in [-0.1, -0.05) is 19.9 Å². The van der Waals surface area contributed by atoms with Crippen LogP contribution in [0.4, 0.5) is 14.5 Å². The van der Waals surface area contributed by atoms with Crippen molar-refractivity contribution in [1.82, 2.24) is 4.31 Å². The number of piperidine rings is 1. The Labute approximate surface area is 181 Å². The zero-order valence-electron chi connectivity index (χ0n) is 17.6. The van der Waals surface area contributed by atoms with Crippen LogP contribution >= 0.6 is 0 Å². The van der Waals surface area contributed by atoms with E-state index in [4.69, 9.17) is 0 Å². The predicted molar refractivity (Wildman–Crippen MR) is 115 cm³/mol. The maximum Gasteiger partial charge on any atom is 0.258 e. The first-order valence-electron chi connectivity index (χ1n) is 10.6. The van der Waals surface area contributed by atoms with Gasteiger partial charge in [-0.2, -0.15) is 4.31 Å². The van der Waals surface area contributed by atoms with Gasteiger partial charge in [0.05, 0.1) is 10.6 Å². The van der Waals surface area contributed by atoms with Crippen LogP contribution in [0.5, 0.6) is 0 Å². The zero-order chi connectivity index (χ0) is 22.3. The van der Waals surface area contributed by atoms with Crippen molar-refractivity contribution in [1.29, 1.82) is 0 Å². The van der Waals surface area contributed by atoms with Crippen LogP contribution in [-0.2, 0) is 16.4 Å². The lowest BCUT2D eigenvalue weighted by molar-refractivity contribution is 0.0984. The van der Waals surface area contributed by atoms with Gasteiger partial charge in [0.2, 0.25) is 10.0 Å². The van der Waals surface area contributed by atoms with Crippen molar-refractivity contribution in [2.45, 2.75) is 38.0 Å². The zero-order valence-corrected chi connectivity index (χ0v) is 18.5. The van der Waals surface area contributed by atoms with E-state index in [1.807, 2.05) is 13.8 Å². The lowest BCUT2D eigenvalue weighted by Crippen LogP contribution is -2.42. The molecular weight excluding hydrogens is 422 g/mol. The molecule has 2 aliphatic heterocycles. The molecule has 2 heterocycles. The van der Waals surface area contributed by atoms with Crippen LogP contribution in [0.1, 0.15) is 42.6 Å². The fourth-order valence-electron chi connectivity index (χ4n) is 4.75. The highest BCUT2D eigenvalue weighted by Crippen LogP contribution is 2.33. The van der Waals surface area contributed by atoms with Crippen molar-refractivity contribution in [2.75, 3.05) is 24.5 Å². The molecule has 1 fully saturated rings. The molecule has 2 atom stereocenters. The molecule has 0 bridgehead atoms. The van der Waals surface area contributed by atoms with Crippen molar-refractivity contribution in [3.8, 4) is 0 Å². The second-order valence-corrected chi connectivity index (χ2v) is 10.7. The minimum atomic E-state index is -3.75. The molecule has 0 radical (unpaired) electrons. The molecule has 1 amide bonds. The molecule has 2 unspecified atom stereocenters. The first kappa shape index (κ1) is 21.9. The van der Waals surface area contributed by atoms with Gasteiger partial charge >= 0.3 is 0 Å². The van der Waals surface area contributed by atoms with Gasteiger partial charge in [0.1, 0.15) is 11.6 Å². The van der Waals surface area contributed by atoms with Crippen molar-refractivity contribution < 1.29 is 22.0 Å². The highest BCUT2D eigenvalue weighted by molar-refractivity contribution is 7.89. The van der Waals surface area contributed by atoms with E-state index in [-0.39, 0.29) is 34.5 Å². The molecule has 5 nitrogen and oxygen atoms in total. The number of hydrogen-bond donors (Lipinski definition) is 0. The Bertz CT molecular complexity index is 1110. The number of amides is 1. The second kappa shape index (κ2) is 8.31. The number of nitrogens with zero attached hydrogens (tertiary/aromatic N) is 2. The van der Waals surface area contributed by atoms with Crippen LogP contribution < -0.4 is 4.90 Å². The largest absolute Gasteiger partial charge is 0.305 e. The summed E-state index contributed by atoms with van der Waals surface area (Å²) in [6.45, 7) is 5.24. The van der Waals surface area contributed by atoms with E-state index in [1.165, 1.54) is 39.5 Å². The summed E-state index contributed by atoms with van der Waals surface area (Å²) in [5.74, 6) is -1.44. The smallest absolute Gasteiger partial charge is 0.258 e. The molecule has 0 saturated carbocycles. The third-order valence-electron chi connectivity index (χ3n) is 6.00. The molecule has 166 valence electrons. The highest BCUT2D eigenvalue weighted by atomic mass is 32.2. The summed E-state index contributed by atoms with van der Waals surface area (Å²) in [4.78, 5) is 14.6. The number of fused-ring (bicyclic) bond motifs is 1. The number of sulfonamides is 1. The van der Waals surface area contributed by atoms with Crippen molar-refractivity contribution in [3.05, 3.63) is 59.2 Å². The first-order valence-corrected chi connectivity index (χ1v) is 12.0. The van der Waals surface area contributed by atoms with E-state index in [9.17, 15) is 22.0 Å². The summed E-state index contributed by atoms with van der Waals surface area (Å²) in [5, 5.41) is 0. The molecule has 1 saturated heterocycles. The van der Waals surface area contributed by atoms with E-state index in [1.54, 1.807) is 0 Å². The third-order valence-corrected chi connectivity index (χ3v) is 7.83. The molecule has 0 aliphatic carbocycles. The van der Waals surface area contributed by atoms with Crippen LogP contribution in [-0.4, -0.2) is 38.3 Å². The average Bonchev–Trinajstić information content (AvgIpc) is 2.72. The maximum absolute atomic E-state index is 14.5. The molecule has 0 aromatic heterocycles. The number of aryl methyl sites for hydroxylation is 1. The molecule has 2 aliphatic rings. The number of rotatable bonds is 3. The lowest BCUT2D eigenvalue weighted by atomic mass is 9.94. The van der Waals surface area contributed by atoms with Crippen molar-refractivity contribution >= 4 is 21.6 Å². The Morgan fingerprint density at radius 3 is 2.48 bits per heavy atom. The summed E-state index contributed by atoms with van der Waals surface area (Å²) in [6.07, 6.45) is 2.03. The summed E-state index contributed by atoms with van der Waals surface area (Å²) < 4.78 is 56.0. The van der Waals surface area contributed by atoms with E-state index < -0.39 is 27.6 Å². The Balaban J connectivity index is 1.66. The monoisotopic (exact) mass is 448 g/mol. The number of halogens is 2. The number of carbonyl (C=O) groups is 1. The van der Waals surface area contributed by atoms with E-state index >= 15 is 0 Å². The molecule has 0 spiro atoms. The Hall–Kier alpha value is -2.32. The topological polar surface area (TPSA) is 57.7 Å². The van der Waals surface area contributed by atoms with Crippen LogP contribution in [0.15, 0.2) is 41.3 Å². The van der Waals surface area contributed by atoms with Crippen LogP contribution in [0.25, 0.3) is 0 Å². The summed E-state index contributed by atoms with van der Waals surface area (Å²) in [5.41, 5.74) is 0.678.